The predicted molar refractivity (Wildman–Crippen MR) is 109 cm³/mol. The van der Waals surface area contributed by atoms with E-state index in [9.17, 15) is 4.79 Å². The molecule has 4 rings (SSSR count). The van der Waals surface area contributed by atoms with Crippen molar-refractivity contribution in [2.45, 2.75) is 19.5 Å². The molecule has 0 N–H and O–H groups in total. The van der Waals surface area contributed by atoms with Gasteiger partial charge in [-0.3, -0.25) is 9.69 Å². The molecule has 1 amide bonds. The fourth-order valence-electron chi connectivity index (χ4n) is 4.76. The Hall–Kier alpha value is -1.76. The third-order valence-corrected chi connectivity index (χ3v) is 6.54. The normalized spacial score (nSPS) is 25.3. The van der Waals surface area contributed by atoms with Crippen LogP contribution < -0.4 is 0 Å². The van der Waals surface area contributed by atoms with Crippen LogP contribution in [-0.2, 0) is 11.3 Å². The van der Waals surface area contributed by atoms with Gasteiger partial charge >= 0.3 is 0 Å². The van der Waals surface area contributed by atoms with Crippen molar-refractivity contribution >= 4 is 17.4 Å². The molecule has 2 saturated heterocycles. The second kappa shape index (κ2) is 7.70. The van der Waals surface area contributed by atoms with Gasteiger partial charge in [0, 0.05) is 43.7 Å². The Morgan fingerprint density at radius 2 is 2.07 bits per heavy atom. The molecule has 144 valence electrons. The number of hydrogen-bond acceptors (Lipinski definition) is 5. The number of likely N-dealkylation sites (tertiary alicyclic amines) is 2. The van der Waals surface area contributed by atoms with Crippen molar-refractivity contribution < 1.29 is 4.79 Å². The van der Waals surface area contributed by atoms with Gasteiger partial charge in [0.1, 0.15) is 0 Å². The lowest BCUT2D eigenvalue weighted by Gasteiger charge is -2.31. The van der Waals surface area contributed by atoms with Crippen LogP contribution in [0.1, 0.15) is 22.7 Å². The number of carbonyl (C=O) groups is 1. The molecule has 0 spiro atoms. The summed E-state index contributed by atoms with van der Waals surface area (Å²) < 4.78 is 4.23. The minimum Gasteiger partial charge on any atom is -0.334 e. The Balaban J connectivity index is 1.58. The van der Waals surface area contributed by atoms with Crippen LogP contribution in [0.5, 0.6) is 0 Å². The monoisotopic (exact) mass is 384 g/mol. The van der Waals surface area contributed by atoms with E-state index < -0.39 is 0 Å². The number of fused-ring (bicyclic) bond motifs is 1. The zero-order valence-electron chi connectivity index (χ0n) is 16.3. The van der Waals surface area contributed by atoms with E-state index in [2.05, 4.69) is 50.7 Å². The molecule has 0 radical (unpaired) electrons. The van der Waals surface area contributed by atoms with E-state index in [0.717, 1.165) is 26.2 Å². The summed E-state index contributed by atoms with van der Waals surface area (Å²) >= 11 is 1.52. The molecule has 2 aliphatic rings. The molecule has 2 aromatic rings. The maximum absolute atomic E-state index is 13.0. The highest BCUT2D eigenvalue weighted by Crippen LogP contribution is 2.46. The van der Waals surface area contributed by atoms with Crippen molar-refractivity contribution in [1.82, 2.24) is 19.1 Å². The number of amides is 1. The number of rotatable bonds is 5. The molecule has 1 aromatic carbocycles. The van der Waals surface area contributed by atoms with Crippen LogP contribution in [0.2, 0.25) is 0 Å². The Labute approximate surface area is 165 Å². The van der Waals surface area contributed by atoms with Crippen molar-refractivity contribution in [2.24, 2.45) is 11.8 Å². The Kier molecular flexibility index (Phi) is 5.30. The molecule has 2 fully saturated rings. The van der Waals surface area contributed by atoms with Gasteiger partial charge in [0.05, 0.1) is 12.6 Å². The van der Waals surface area contributed by atoms with Crippen molar-refractivity contribution in [2.75, 3.05) is 40.3 Å². The van der Waals surface area contributed by atoms with E-state index in [1.54, 1.807) is 0 Å². The molecule has 0 unspecified atom stereocenters. The van der Waals surface area contributed by atoms with Gasteiger partial charge < -0.3 is 9.80 Å². The maximum Gasteiger partial charge on any atom is 0.237 e. The minimum absolute atomic E-state index is 0.189. The lowest BCUT2D eigenvalue weighted by molar-refractivity contribution is -0.133. The van der Waals surface area contributed by atoms with Crippen LogP contribution in [0.25, 0.3) is 0 Å². The first-order valence-electron chi connectivity index (χ1n) is 9.63. The Morgan fingerprint density at radius 3 is 2.78 bits per heavy atom. The lowest BCUT2D eigenvalue weighted by atomic mass is 9.87. The quantitative estimate of drug-likeness (QED) is 0.795. The summed E-state index contributed by atoms with van der Waals surface area (Å²) in [5.74, 6) is 1.30. The summed E-state index contributed by atoms with van der Waals surface area (Å²) in [7, 11) is 3.93. The molecular weight excluding hydrogens is 356 g/mol. The van der Waals surface area contributed by atoms with Gasteiger partial charge in [0.25, 0.3) is 0 Å². The SMILES string of the molecule is Cc1ccccc1[C@H]1[C@@H]2CN(Cc3cnsc3)C[C@@H]2CN1C(=O)CN(C)C. The van der Waals surface area contributed by atoms with Crippen LogP contribution in [0.3, 0.4) is 0 Å². The molecule has 0 saturated carbocycles. The zero-order chi connectivity index (χ0) is 19.0. The van der Waals surface area contributed by atoms with Crippen LogP contribution >= 0.6 is 11.5 Å². The van der Waals surface area contributed by atoms with Crippen LogP contribution in [0, 0.1) is 18.8 Å². The first kappa shape index (κ1) is 18.6. The van der Waals surface area contributed by atoms with Crippen LogP contribution in [0.15, 0.2) is 35.8 Å². The van der Waals surface area contributed by atoms with E-state index in [4.69, 9.17) is 0 Å². The average Bonchev–Trinajstić information content (AvgIpc) is 3.31. The number of nitrogens with zero attached hydrogens (tertiary/aromatic N) is 4. The van der Waals surface area contributed by atoms with Crippen molar-refractivity contribution in [3.63, 3.8) is 0 Å². The topological polar surface area (TPSA) is 39.7 Å². The first-order chi connectivity index (χ1) is 13.0. The summed E-state index contributed by atoms with van der Waals surface area (Å²) in [4.78, 5) is 19.7. The molecule has 1 aromatic heterocycles. The Morgan fingerprint density at radius 1 is 1.26 bits per heavy atom. The molecule has 27 heavy (non-hydrogen) atoms. The highest BCUT2D eigenvalue weighted by molar-refractivity contribution is 7.03. The van der Waals surface area contributed by atoms with Crippen molar-refractivity contribution in [3.8, 4) is 0 Å². The van der Waals surface area contributed by atoms with E-state index in [-0.39, 0.29) is 11.9 Å². The fourth-order valence-corrected chi connectivity index (χ4v) is 5.29. The highest BCUT2D eigenvalue weighted by atomic mass is 32.1. The fraction of sp³-hybridized carbons (Fsp3) is 0.524. The van der Waals surface area contributed by atoms with Gasteiger partial charge in [0.15, 0.2) is 0 Å². The van der Waals surface area contributed by atoms with E-state index in [1.807, 2.05) is 25.2 Å². The van der Waals surface area contributed by atoms with E-state index in [1.165, 1.54) is 28.2 Å². The van der Waals surface area contributed by atoms with Gasteiger partial charge in [0.2, 0.25) is 5.91 Å². The molecule has 2 aliphatic heterocycles. The smallest absolute Gasteiger partial charge is 0.237 e. The summed E-state index contributed by atoms with van der Waals surface area (Å²) in [6.07, 6.45) is 1.98. The number of hydrogen-bond donors (Lipinski definition) is 0. The minimum atomic E-state index is 0.189. The van der Waals surface area contributed by atoms with Gasteiger partial charge in [-0.15, -0.1) is 0 Å². The second-order valence-corrected chi connectivity index (χ2v) is 8.89. The van der Waals surface area contributed by atoms with E-state index >= 15 is 0 Å². The largest absolute Gasteiger partial charge is 0.334 e. The molecule has 0 aliphatic carbocycles. The molecule has 3 atom stereocenters. The third-order valence-electron chi connectivity index (χ3n) is 5.91. The number of benzene rings is 1. The standard InChI is InChI=1S/C21H28N4OS/c1-15-6-4-5-7-18(15)21-19-12-24(9-16-8-22-27-14-16)10-17(19)11-25(21)20(26)13-23(2)3/h4-8,14,17,19,21H,9-13H2,1-3H3/t17-,19-,21+/m1/s1. The molecule has 6 heteroatoms. The molecular formula is C21H28N4OS. The van der Waals surface area contributed by atoms with E-state index in [0.29, 0.717) is 18.4 Å². The van der Waals surface area contributed by atoms with Crippen molar-refractivity contribution in [3.05, 3.63) is 52.5 Å². The zero-order valence-corrected chi connectivity index (χ0v) is 17.2. The van der Waals surface area contributed by atoms with Gasteiger partial charge in [-0.2, -0.15) is 0 Å². The highest BCUT2D eigenvalue weighted by Gasteiger charge is 2.49. The molecule has 5 nitrogen and oxygen atoms in total. The average molecular weight is 385 g/mol. The summed E-state index contributed by atoms with van der Waals surface area (Å²) in [6.45, 7) is 6.59. The molecule has 3 heterocycles. The second-order valence-electron chi connectivity index (χ2n) is 8.24. The third kappa shape index (κ3) is 3.79. The van der Waals surface area contributed by atoms with Crippen LogP contribution in [0.4, 0.5) is 0 Å². The predicted octanol–water partition coefficient (Wildman–Crippen LogP) is 2.64. The first-order valence-corrected chi connectivity index (χ1v) is 10.5. The number of carbonyl (C=O) groups excluding carboxylic acids is 1. The van der Waals surface area contributed by atoms with Crippen molar-refractivity contribution in [1.29, 1.82) is 0 Å². The summed E-state index contributed by atoms with van der Waals surface area (Å²) in [5, 5.41) is 2.14. The number of aryl methyl sites for hydroxylation is 1. The van der Waals surface area contributed by atoms with Gasteiger partial charge in [-0.1, -0.05) is 24.3 Å². The summed E-state index contributed by atoms with van der Waals surface area (Å²) in [6, 6.07) is 8.76. The maximum atomic E-state index is 13.0. The van der Waals surface area contributed by atoms with Gasteiger partial charge in [-0.25, -0.2) is 4.37 Å². The molecule has 0 bridgehead atoms. The van der Waals surface area contributed by atoms with Crippen LogP contribution in [-0.4, -0.2) is 65.3 Å². The number of likely N-dealkylation sites (N-methyl/N-ethyl adjacent to an activating group) is 1. The summed E-state index contributed by atoms with van der Waals surface area (Å²) in [5.41, 5.74) is 3.90. The Bertz CT molecular complexity index is 791. The van der Waals surface area contributed by atoms with Gasteiger partial charge in [-0.05, 0) is 55.2 Å². The lowest BCUT2D eigenvalue weighted by Crippen LogP contribution is -2.40. The number of aromatic nitrogens is 1.